The molecular weight excluding hydrogens is 219 g/mol. The van der Waals surface area contributed by atoms with Crippen molar-refractivity contribution in [2.75, 3.05) is 0 Å². The first-order valence-corrected chi connectivity index (χ1v) is 5.73. The minimum atomic E-state index is 0. The molecule has 0 aliphatic rings. The van der Waals surface area contributed by atoms with Crippen LogP contribution in [0.25, 0.3) is 0 Å². The second kappa shape index (κ2) is 9.51. The standard InChI is InChI=1S/C9H18N4S.Na.H/c1-2-3-4-5-6-7-8-13-9(14)10-11-12-13;;/h2-8H2,1H3,(H,10,12,14);;/q;+1;-1. The van der Waals surface area contributed by atoms with Crippen LogP contribution in [0.15, 0.2) is 0 Å². The number of hydrogen-bond donors (Lipinski definition) is 1. The Bertz CT molecular complexity index is 302. The Hall–Kier alpha value is 0.290. The van der Waals surface area contributed by atoms with Crippen molar-refractivity contribution in [3.05, 3.63) is 4.77 Å². The monoisotopic (exact) mass is 238 g/mol. The van der Waals surface area contributed by atoms with Crippen molar-refractivity contribution in [1.82, 2.24) is 20.2 Å². The van der Waals surface area contributed by atoms with Crippen LogP contribution in [0, 0.1) is 4.77 Å². The number of H-pyrrole nitrogens is 1. The van der Waals surface area contributed by atoms with Gasteiger partial charge >= 0.3 is 29.6 Å². The largest absolute Gasteiger partial charge is 1.00 e. The molecule has 1 heterocycles. The summed E-state index contributed by atoms with van der Waals surface area (Å²) < 4.78 is 2.37. The summed E-state index contributed by atoms with van der Waals surface area (Å²) in [5.74, 6) is 0. The van der Waals surface area contributed by atoms with Crippen molar-refractivity contribution in [2.24, 2.45) is 0 Å². The summed E-state index contributed by atoms with van der Waals surface area (Å²) in [7, 11) is 0. The van der Waals surface area contributed by atoms with Gasteiger partial charge in [0.05, 0.1) is 0 Å². The minimum absolute atomic E-state index is 0. The zero-order valence-electron chi connectivity index (χ0n) is 10.7. The Morgan fingerprint density at radius 1 is 1.27 bits per heavy atom. The third-order valence-electron chi connectivity index (χ3n) is 2.27. The van der Waals surface area contributed by atoms with Gasteiger partial charge in [0.2, 0.25) is 4.77 Å². The third kappa shape index (κ3) is 6.45. The molecule has 0 aromatic carbocycles. The van der Waals surface area contributed by atoms with Crippen LogP contribution in [-0.2, 0) is 6.54 Å². The van der Waals surface area contributed by atoms with E-state index in [1.54, 1.807) is 0 Å². The first kappa shape index (κ1) is 15.3. The summed E-state index contributed by atoms with van der Waals surface area (Å²) in [4.78, 5) is 0. The summed E-state index contributed by atoms with van der Waals surface area (Å²) in [6.45, 7) is 3.15. The van der Waals surface area contributed by atoms with Crippen molar-refractivity contribution < 1.29 is 31.0 Å². The smallest absolute Gasteiger partial charge is 1.00 e. The molecule has 0 unspecified atom stereocenters. The molecule has 1 aromatic heterocycles. The Kier molecular flexibility index (Phi) is 9.70. The summed E-state index contributed by atoms with van der Waals surface area (Å²) in [5, 5.41) is 10.1. The van der Waals surface area contributed by atoms with Crippen molar-refractivity contribution in [1.29, 1.82) is 0 Å². The molecule has 0 saturated carbocycles. The van der Waals surface area contributed by atoms with Crippen LogP contribution in [-0.4, -0.2) is 20.2 Å². The molecule has 0 spiro atoms. The van der Waals surface area contributed by atoms with E-state index in [1.165, 1.54) is 32.1 Å². The average Bonchev–Trinajstić information content (AvgIpc) is 2.58. The van der Waals surface area contributed by atoms with Crippen molar-refractivity contribution in [3.63, 3.8) is 0 Å². The molecular formula is C9H19N4NaS. The van der Waals surface area contributed by atoms with E-state index in [4.69, 9.17) is 12.2 Å². The molecule has 1 aromatic rings. The molecule has 0 radical (unpaired) electrons. The number of nitrogens with one attached hydrogen (secondary N) is 1. The number of rotatable bonds is 7. The quantitative estimate of drug-likeness (QED) is 0.407. The number of aromatic nitrogens is 4. The van der Waals surface area contributed by atoms with Crippen molar-refractivity contribution in [2.45, 2.75) is 52.0 Å². The fourth-order valence-electron chi connectivity index (χ4n) is 1.41. The first-order chi connectivity index (χ1) is 6.84. The molecule has 0 fully saturated rings. The van der Waals surface area contributed by atoms with Gasteiger partial charge < -0.3 is 1.43 Å². The molecule has 0 aliphatic heterocycles. The summed E-state index contributed by atoms with van der Waals surface area (Å²) in [6, 6.07) is 0. The molecule has 15 heavy (non-hydrogen) atoms. The second-order valence-corrected chi connectivity index (χ2v) is 3.87. The van der Waals surface area contributed by atoms with Crippen LogP contribution >= 0.6 is 12.2 Å². The van der Waals surface area contributed by atoms with Gasteiger partial charge in [0.25, 0.3) is 0 Å². The summed E-state index contributed by atoms with van der Waals surface area (Å²) in [6.07, 6.45) is 7.75. The van der Waals surface area contributed by atoms with Gasteiger partial charge in [-0.1, -0.05) is 49.3 Å². The predicted octanol–water partition coefficient (Wildman–Crippen LogP) is -0.187. The molecule has 0 atom stereocenters. The van der Waals surface area contributed by atoms with Crippen LogP contribution in [0.1, 0.15) is 46.9 Å². The molecule has 1 rings (SSSR count). The summed E-state index contributed by atoms with van der Waals surface area (Å²) in [5.41, 5.74) is 0. The van der Waals surface area contributed by atoms with Gasteiger partial charge in [-0.25, -0.2) is 4.68 Å². The Labute approximate surface area is 120 Å². The molecule has 0 bridgehead atoms. The predicted molar refractivity (Wildman–Crippen MR) is 59.7 cm³/mol. The molecule has 4 nitrogen and oxygen atoms in total. The number of unbranched alkanes of at least 4 members (excludes halogenated alkanes) is 5. The Balaban J connectivity index is 0. The SMILES string of the molecule is CCCCCCCCn1[nH]nnc1=S.[H-].[Na+]. The Morgan fingerprint density at radius 3 is 2.53 bits per heavy atom. The van der Waals surface area contributed by atoms with Crippen molar-refractivity contribution >= 4 is 12.2 Å². The topological polar surface area (TPSA) is 46.5 Å². The van der Waals surface area contributed by atoms with Crippen LogP contribution < -0.4 is 29.6 Å². The number of aryl methyl sites for hydroxylation is 1. The second-order valence-electron chi connectivity index (χ2n) is 3.50. The molecule has 1 N–H and O–H groups in total. The van der Waals surface area contributed by atoms with Crippen LogP contribution in [0.2, 0.25) is 0 Å². The van der Waals surface area contributed by atoms with Gasteiger partial charge in [0.15, 0.2) is 0 Å². The van der Waals surface area contributed by atoms with Crippen LogP contribution in [0.3, 0.4) is 0 Å². The molecule has 0 aliphatic carbocycles. The fraction of sp³-hybridized carbons (Fsp3) is 0.889. The van der Waals surface area contributed by atoms with Gasteiger partial charge in [-0.15, -0.1) is 0 Å². The van der Waals surface area contributed by atoms with Gasteiger partial charge in [-0.2, -0.15) is 5.21 Å². The zero-order chi connectivity index (χ0) is 10.2. The molecule has 0 saturated heterocycles. The maximum Gasteiger partial charge on any atom is 1.00 e. The molecule has 82 valence electrons. The van der Waals surface area contributed by atoms with E-state index in [0.29, 0.717) is 4.77 Å². The van der Waals surface area contributed by atoms with Gasteiger partial charge in [0.1, 0.15) is 0 Å². The average molecular weight is 238 g/mol. The molecule has 6 heteroatoms. The number of tetrazole rings is 1. The van der Waals surface area contributed by atoms with Crippen LogP contribution in [0.4, 0.5) is 0 Å². The van der Waals surface area contributed by atoms with E-state index in [0.717, 1.165) is 13.0 Å². The van der Waals surface area contributed by atoms with Gasteiger partial charge in [-0.3, -0.25) is 0 Å². The number of nitrogens with zero attached hydrogens (tertiary/aromatic N) is 3. The van der Waals surface area contributed by atoms with E-state index in [9.17, 15) is 0 Å². The Morgan fingerprint density at radius 2 is 1.93 bits per heavy atom. The molecule has 0 amide bonds. The van der Waals surface area contributed by atoms with E-state index in [1.807, 2.05) is 4.68 Å². The maximum absolute atomic E-state index is 4.96. The van der Waals surface area contributed by atoms with E-state index < -0.39 is 0 Å². The van der Waals surface area contributed by atoms with Crippen molar-refractivity contribution in [3.8, 4) is 0 Å². The number of aromatic amines is 1. The number of hydrogen-bond acceptors (Lipinski definition) is 3. The zero-order valence-corrected chi connectivity index (χ0v) is 12.5. The summed E-state index contributed by atoms with van der Waals surface area (Å²) >= 11 is 4.96. The van der Waals surface area contributed by atoms with Gasteiger partial charge in [-0.05, 0) is 18.6 Å². The first-order valence-electron chi connectivity index (χ1n) is 5.32. The minimum Gasteiger partial charge on any atom is -1.00 e. The van der Waals surface area contributed by atoms with Gasteiger partial charge in [0, 0.05) is 6.54 Å². The van der Waals surface area contributed by atoms with E-state index >= 15 is 0 Å². The van der Waals surface area contributed by atoms with Crippen LogP contribution in [0.5, 0.6) is 0 Å². The third-order valence-corrected chi connectivity index (χ3v) is 2.57. The van der Waals surface area contributed by atoms with E-state index in [2.05, 4.69) is 22.4 Å². The maximum atomic E-state index is 4.96. The fourth-order valence-corrected chi connectivity index (χ4v) is 1.58. The normalized spacial score (nSPS) is 9.93. The van der Waals surface area contributed by atoms with E-state index in [-0.39, 0.29) is 31.0 Å².